The second-order valence-electron chi connectivity index (χ2n) is 7.64. The van der Waals surface area contributed by atoms with Gasteiger partial charge in [-0.25, -0.2) is 0 Å². The van der Waals surface area contributed by atoms with Gasteiger partial charge in [0.25, 0.3) is 0 Å². The van der Waals surface area contributed by atoms with Crippen molar-refractivity contribution in [2.24, 2.45) is 5.92 Å². The quantitative estimate of drug-likeness (QED) is 0.574. The first-order valence-corrected chi connectivity index (χ1v) is 10.3. The molecule has 0 saturated heterocycles. The maximum absolute atomic E-state index is 13.1. The maximum Gasteiger partial charge on any atom is 0.228 e. The van der Waals surface area contributed by atoms with Gasteiger partial charge in [-0.15, -0.1) is 10.2 Å². The first-order chi connectivity index (χ1) is 15.2. The first-order valence-electron chi connectivity index (χ1n) is 10.3. The number of ether oxygens (including phenoxy) is 3. The number of tetrazole rings is 1. The fourth-order valence-electron chi connectivity index (χ4n) is 4.22. The highest BCUT2D eigenvalue weighted by atomic mass is 16.5. The molecule has 9 nitrogen and oxygen atoms in total. The van der Waals surface area contributed by atoms with E-state index in [1.165, 1.54) is 0 Å². The number of hydrogen-bond donors (Lipinski definition) is 2. The Labute approximate surface area is 179 Å². The monoisotopic (exact) mass is 421 g/mol. The lowest BCUT2D eigenvalue weighted by Crippen LogP contribution is -2.34. The molecule has 0 bridgehead atoms. The van der Waals surface area contributed by atoms with Crippen LogP contribution in [0.25, 0.3) is 11.4 Å². The molecule has 1 amide bonds. The van der Waals surface area contributed by atoms with E-state index in [1.54, 1.807) is 7.11 Å². The Morgan fingerprint density at radius 1 is 1.26 bits per heavy atom. The summed E-state index contributed by atoms with van der Waals surface area (Å²) in [7, 11) is 1.62. The minimum Gasteiger partial charge on any atom is -0.494 e. The molecule has 1 aliphatic heterocycles. The molecule has 2 N–H and O–H groups in total. The molecule has 0 radical (unpaired) electrons. The molecule has 3 aromatic rings. The molecular formula is C22H23N5O4. The average Bonchev–Trinajstić information content (AvgIpc) is 3.12. The van der Waals surface area contributed by atoms with Crippen LogP contribution >= 0.6 is 0 Å². The average molecular weight is 421 g/mol. The zero-order chi connectivity index (χ0) is 21.4. The number of benzene rings is 2. The molecule has 3 unspecified atom stereocenters. The number of carbonyl (C=O) groups is 1. The Bertz CT molecular complexity index is 1070. The predicted octanol–water partition coefficient (Wildman–Crippen LogP) is 2.24. The third kappa shape index (κ3) is 3.61. The molecule has 0 spiro atoms. The van der Waals surface area contributed by atoms with E-state index in [4.69, 9.17) is 14.2 Å². The SMILES string of the molecule is CCOc1ccc([C@H](COC)NC(=O)C2C3Oc4ccc(-c5nn[nH]n5)cc4C32)cc1. The summed E-state index contributed by atoms with van der Waals surface area (Å²) < 4.78 is 16.8. The molecular weight excluding hydrogens is 398 g/mol. The van der Waals surface area contributed by atoms with Gasteiger partial charge in [-0.3, -0.25) is 4.79 Å². The molecule has 2 aromatic carbocycles. The number of nitrogens with one attached hydrogen (secondary N) is 2. The normalized spacial score (nSPS) is 21.5. The third-order valence-corrected chi connectivity index (χ3v) is 5.74. The summed E-state index contributed by atoms with van der Waals surface area (Å²) in [5.41, 5.74) is 2.82. The van der Waals surface area contributed by atoms with Crippen LogP contribution in [0.15, 0.2) is 42.5 Å². The van der Waals surface area contributed by atoms with E-state index >= 15 is 0 Å². The van der Waals surface area contributed by atoms with Crippen molar-refractivity contribution in [2.45, 2.75) is 25.0 Å². The first kappa shape index (κ1) is 19.5. The van der Waals surface area contributed by atoms with Crippen LogP contribution in [0.5, 0.6) is 11.5 Å². The molecule has 2 aliphatic rings. The minimum atomic E-state index is -0.250. The molecule has 5 rings (SSSR count). The molecule has 9 heteroatoms. The molecule has 1 saturated carbocycles. The van der Waals surface area contributed by atoms with Crippen LogP contribution in [0.4, 0.5) is 0 Å². The van der Waals surface area contributed by atoms with Crippen LogP contribution in [0, 0.1) is 5.92 Å². The third-order valence-electron chi connectivity index (χ3n) is 5.74. The van der Waals surface area contributed by atoms with Gasteiger partial charge in [0.15, 0.2) is 0 Å². The molecule has 31 heavy (non-hydrogen) atoms. The van der Waals surface area contributed by atoms with Crippen molar-refractivity contribution in [1.82, 2.24) is 25.9 Å². The van der Waals surface area contributed by atoms with Crippen LogP contribution in [-0.2, 0) is 9.53 Å². The van der Waals surface area contributed by atoms with E-state index in [2.05, 4.69) is 25.9 Å². The highest BCUT2D eigenvalue weighted by molar-refractivity contribution is 5.86. The van der Waals surface area contributed by atoms with Crippen LogP contribution in [0.2, 0.25) is 0 Å². The van der Waals surface area contributed by atoms with Gasteiger partial charge in [-0.1, -0.05) is 12.1 Å². The van der Waals surface area contributed by atoms with Gasteiger partial charge in [0.05, 0.1) is 25.2 Å². The van der Waals surface area contributed by atoms with E-state index in [0.29, 0.717) is 19.0 Å². The van der Waals surface area contributed by atoms with Crippen molar-refractivity contribution >= 4 is 5.91 Å². The zero-order valence-corrected chi connectivity index (χ0v) is 17.2. The van der Waals surface area contributed by atoms with E-state index in [-0.39, 0.29) is 29.9 Å². The molecule has 2 heterocycles. The fourth-order valence-corrected chi connectivity index (χ4v) is 4.22. The lowest BCUT2D eigenvalue weighted by molar-refractivity contribution is -0.124. The van der Waals surface area contributed by atoms with Gasteiger partial charge in [0.1, 0.15) is 17.6 Å². The lowest BCUT2D eigenvalue weighted by atomic mass is 10.0. The number of amides is 1. The van der Waals surface area contributed by atoms with E-state index in [1.807, 2.05) is 49.4 Å². The standard InChI is InChI=1S/C22H23N5O4/c1-3-30-14-7-4-12(5-8-14)16(11-29-2)23-22(28)19-18-15-10-13(21-24-26-27-25-21)6-9-17(15)31-20(18)19/h4-10,16,18-20H,3,11H2,1-2H3,(H,23,28)(H,24,25,26,27)/t16-,18?,19?,20?/m0/s1. The van der Waals surface area contributed by atoms with Crippen LogP contribution in [-0.4, -0.2) is 53.0 Å². The number of H-pyrrole nitrogens is 1. The van der Waals surface area contributed by atoms with E-state index in [9.17, 15) is 4.79 Å². The zero-order valence-electron chi connectivity index (χ0n) is 17.2. The van der Waals surface area contributed by atoms with Crippen molar-refractivity contribution in [2.75, 3.05) is 20.3 Å². The summed E-state index contributed by atoms with van der Waals surface area (Å²) in [6.45, 7) is 2.93. The lowest BCUT2D eigenvalue weighted by Gasteiger charge is -2.19. The fraction of sp³-hybridized carbons (Fsp3) is 0.364. The molecule has 1 aliphatic carbocycles. The van der Waals surface area contributed by atoms with E-state index in [0.717, 1.165) is 28.2 Å². The van der Waals surface area contributed by atoms with Crippen molar-refractivity contribution in [1.29, 1.82) is 0 Å². The van der Waals surface area contributed by atoms with Crippen molar-refractivity contribution < 1.29 is 19.0 Å². The minimum absolute atomic E-state index is 0.0328. The summed E-state index contributed by atoms with van der Waals surface area (Å²) in [5, 5.41) is 17.2. The molecule has 1 aromatic heterocycles. The number of fused-ring (bicyclic) bond motifs is 3. The Hall–Kier alpha value is -3.46. The Morgan fingerprint density at radius 3 is 2.81 bits per heavy atom. The predicted molar refractivity (Wildman–Crippen MR) is 111 cm³/mol. The molecule has 1 fully saturated rings. The Morgan fingerprint density at radius 2 is 2.10 bits per heavy atom. The summed E-state index contributed by atoms with van der Waals surface area (Å²) >= 11 is 0. The van der Waals surface area contributed by atoms with E-state index < -0.39 is 0 Å². The van der Waals surface area contributed by atoms with Gasteiger partial charge in [-0.05, 0) is 48.0 Å². The highest BCUT2D eigenvalue weighted by Gasteiger charge is 2.62. The number of hydrogen-bond acceptors (Lipinski definition) is 7. The number of carbonyl (C=O) groups excluding carboxylic acids is 1. The van der Waals surface area contributed by atoms with Crippen LogP contribution in [0.3, 0.4) is 0 Å². The van der Waals surface area contributed by atoms with Gasteiger partial charge >= 0.3 is 0 Å². The summed E-state index contributed by atoms with van der Waals surface area (Å²) in [6, 6.07) is 13.2. The van der Waals surface area contributed by atoms with Crippen molar-refractivity contribution in [3.05, 3.63) is 53.6 Å². The topological polar surface area (TPSA) is 111 Å². The molecule has 4 atom stereocenters. The number of rotatable bonds is 8. The van der Waals surface area contributed by atoms with Gasteiger partial charge in [-0.2, -0.15) is 5.21 Å². The number of nitrogens with zero attached hydrogens (tertiary/aromatic N) is 3. The number of methoxy groups -OCH3 is 1. The van der Waals surface area contributed by atoms with Gasteiger partial charge in [0, 0.05) is 24.2 Å². The number of aromatic amines is 1. The smallest absolute Gasteiger partial charge is 0.228 e. The largest absolute Gasteiger partial charge is 0.494 e. The second-order valence-corrected chi connectivity index (χ2v) is 7.64. The highest BCUT2D eigenvalue weighted by Crippen LogP contribution is 2.58. The second kappa shape index (κ2) is 7.99. The summed E-state index contributed by atoms with van der Waals surface area (Å²) in [4.78, 5) is 13.1. The van der Waals surface area contributed by atoms with Crippen LogP contribution < -0.4 is 14.8 Å². The summed E-state index contributed by atoms with van der Waals surface area (Å²) in [5.74, 6) is 1.89. The molecule has 160 valence electrons. The van der Waals surface area contributed by atoms with Gasteiger partial charge in [0.2, 0.25) is 11.7 Å². The Balaban J connectivity index is 1.30. The number of aromatic nitrogens is 4. The van der Waals surface area contributed by atoms with Crippen molar-refractivity contribution in [3.8, 4) is 22.9 Å². The van der Waals surface area contributed by atoms with Crippen LogP contribution in [0.1, 0.15) is 30.0 Å². The maximum atomic E-state index is 13.1. The summed E-state index contributed by atoms with van der Waals surface area (Å²) in [6.07, 6.45) is -0.140. The van der Waals surface area contributed by atoms with Gasteiger partial charge < -0.3 is 19.5 Å². The van der Waals surface area contributed by atoms with Crippen molar-refractivity contribution in [3.63, 3.8) is 0 Å². The Kier molecular flexibility index (Phi) is 5.03.